The summed E-state index contributed by atoms with van der Waals surface area (Å²) in [6.07, 6.45) is 4.66. The van der Waals surface area contributed by atoms with Crippen molar-refractivity contribution >= 4 is 22.4 Å². The van der Waals surface area contributed by atoms with Gasteiger partial charge in [-0.05, 0) is 0 Å². The van der Waals surface area contributed by atoms with Crippen LogP contribution in [-0.4, -0.2) is 18.4 Å². The van der Waals surface area contributed by atoms with Crippen molar-refractivity contribution in [2.45, 2.75) is 50.4 Å². The van der Waals surface area contributed by atoms with Crippen molar-refractivity contribution in [1.29, 1.82) is 0 Å². The molecule has 0 N–H and O–H groups in total. The fourth-order valence-electron chi connectivity index (χ4n) is 4.23. The van der Waals surface area contributed by atoms with Crippen LogP contribution in [0.25, 0.3) is 0 Å². The van der Waals surface area contributed by atoms with E-state index in [-0.39, 0.29) is 0 Å². The summed E-state index contributed by atoms with van der Waals surface area (Å²) >= 11 is -1.99. The van der Waals surface area contributed by atoms with Crippen LogP contribution in [0.3, 0.4) is 0 Å². The average Bonchev–Trinajstić information content (AvgIpc) is 2.32. The fraction of sp³-hybridized carbons (Fsp3) is 1.00. The van der Waals surface area contributed by atoms with Crippen molar-refractivity contribution in [2.75, 3.05) is 0 Å². The maximum atomic E-state index is 6.52. The molecule has 1 aliphatic heterocycles. The number of fused-ring (bicyclic) bond motifs is 2. The second-order valence-corrected chi connectivity index (χ2v) is 14.1. The minimum atomic E-state index is -1.99. The van der Waals surface area contributed by atoms with Crippen molar-refractivity contribution in [3.8, 4) is 0 Å². The van der Waals surface area contributed by atoms with Gasteiger partial charge in [-0.2, -0.15) is 0 Å². The Kier molecular flexibility index (Phi) is 1.80. The number of halogens is 1. The maximum absolute atomic E-state index is 6.52. The van der Waals surface area contributed by atoms with Crippen LogP contribution in [0.4, 0.5) is 0 Å². The Morgan fingerprint density at radius 2 is 2.14 bits per heavy atom. The topological polar surface area (TPSA) is 9.23 Å². The van der Waals surface area contributed by atoms with Gasteiger partial charge in [0.2, 0.25) is 0 Å². The summed E-state index contributed by atoms with van der Waals surface area (Å²) in [5, 5.41) is 1.21. The third-order valence-corrected chi connectivity index (χ3v) is 9.46. The molecule has 4 unspecified atom stereocenters. The Morgan fingerprint density at radius 1 is 1.43 bits per heavy atom. The molecule has 1 nitrogen and oxygen atoms in total. The first-order chi connectivity index (χ1) is 6.39. The zero-order valence-electron chi connectivity index (χ0n) is 9.18. The molecule has 2 bridgehead atoms. The van der Waals surface area contributed by atoms with Gasteiger partial charge in [-0.15, -0.1) is 0 Å². The second kappa shape index (κ2) is 2.53. The summed E-state index contributed by atoms with van der Waals surface area (Å²) in [5.74, 6) is 2.99. The van der Waals surface area contributed by atoms with Gasteiger partial charge in [-0.1, -0.05) is 0 Å². The molecule has 2 saturated carbocycles. The molecule has 3 aliphatic rings. The molecule has 0 radical (unpaired) electrons. The van der Waals surface area contributed by atoms with Crippen molar-refractivity contribution < 1.29 is 3.82 Å². The first-order valence-electron chi connectivity index (χ1n) is 5.53. The van der Waals surface area contributed by atoms with Crippen LogP contribution in [0.1, 0.15) is 33.1 Å². The number of hydrogen-bond donors (Lipinski definition) is 0. The van der Waals surface area contributed by atoms with Crippen LogP contribution in [0.5, 0.6) is 0 Å². The average molecular weight is 282 g/mol. The SMILES string of the molecule is CC1(C)C2CCCC13C[Se](C)(Cl)OC23. The Morgan fingerprint density at radius 3 is 2.71 bits per heavy atom. The molecule has 1 spiro atoms. The van der Waals surface area contributed by atoms with Crippen molar-refractivity contribution in [3.05, 3.63) is 0 Å². The summed E-state index contributed by atoms with van der Waals surface area (Å²) in [5.41, 5.74) is 0.979. The standard InChI is InChI=1S/C11H19ClOSe/c1-10(2)8-5-4-6-11(10)7-14(3,12)13-9(8)11/h8-9H,4-7H2,1-3H3. The summed E-state index contributed by atoms with van der Waals surface area (Å²) in [6.45, 7) is 4.87. The van der Waals surface area contributed by atoms with E-state index in [1.807, 2.05) is 0 Å². The summed E-state index contributed by atoms with van der Waals surface area (Å²) in [6, 6.07) is 0. The quantitative estimate of drug-likeness (QED) is 0.617. The van der Waals surface area contributed by atoms with Crippen LogP contribution in [0.2, 0.25) is 11.1 Å². The van der Waals surface area contributed by atoms with Crippen LogP contribution in [0, 0.1) is 16.7 Å². The van der Waals surface area contributed by atoms with E-state index in [0.29, 0.717) is 16.9 Å². The molecule has 0 amide bonds. The zero-order valence-corrected chi connectivity index (χ0v) is 11.6. The first kappa shape index (κ1) is 9.96. The number of rotatable bonds is 0. The molecule has 14 heavy (non-hydrogen) atoms. The molecular formula is C11H19ClOSe. The van der Waals surface area contributed by atoms with Crippen molar-refractivity contribution in [3.63, 3.8) is 0 Å². The predicted molar refractivity (Wildman–Crippen MR) is 60.7 cm³/mol. The van der Waals surface area contributed by atoms with Gasteiger partial charge in [-0.25, -0.2) is 0 Å². The van der Waals surface area contributed by atoms with E-state index in [1.165, 1.54) is 24.6 Å². The Hall–Kier alpha value is 0.769. The Bertz CT molecular complexity index is 289. The molecule has 2 aliphatic carbocycles. The van der Waals surface area contributed by atoms with E-state index < -0.39 is 12.3 Å². The van der Waals surface area contributed by atoms with Gasteiger partial charge in [0.15, 0.2) is 0 Å². The van der Waals surface area contributed by atoms with Gasteiger partial charge in [0.1, 0.15) is 0 Å². The number of hydrogen-bond acceptors (Lipinski definition) is 1. The van der Waals surface area contributed by atoms with Gasteiger partial charge in [0.25, 0.3) is 0 Å². The molecule has 3 heteroatoms. The van der Waals surface area contributed by atoms with Gasteiger partial charge >= 0.3 is 93.3 Å². The van der Waals surface area contributed by atoms with Gasteiger partial charge in [0.05, 0.1) is 0 Å². The van der Waals surface area contributed by atoms with E-state index in [1.54, 1.807) is 0 Å². The molecule has 1 saturated heterocycles. The predicted octanol–water partition coefficient (Wildman–Crippen LogP) is 3.52. The molecule has 0 aromatic heterocycles. The van der Waals surface area contributed by atoms with Gasteiger partial charge in [-0.3, -0.25) is 0 Å². The van der Waals surface area contributed by atoms with Crippen LogP contribution >= 0.6 is 10.1 Å². The van der Waals surface area contributed by atoms with Crippen LogP contribution in [-0.2, 0) is 3.82 Å². The molecule has 4 atom stereocenters. The molecule has 3 rings (SSSR count). The molecule has 0 aromatic rings. The monoisotopic (exact) mass is 282 g/mol. The van der Waals surface area contributed by atoms with Crippen molar-refractivity contribution in [2.24, 2.45) is 16.7 Å². The molecule has 3 fully saturated rings. The van der Waals surface area contributed by atoms with E-state index in [0.717, 1.165) is 5.92 Å². The van der Waals surface area contributed by atoms with E-state index in [9.17, 15) is 0 Å². The van der Waals surface area contributed by atoms with Gasteiger partial charge in [0, 0.05) is 0 Å². The molecule has 0 aromatic carbocycles. The molecular weight excluding hydrogens is 263 g/mol. The molecule has 82 valence electrons. The van der Waals surface area contributed by atoms with Gasteiger partial charge < -0.3 is 0 Å². The van der Waals surface area contributed by atoms with E-state index in [2.05, 4.69) is 19.7 Å². The Labute approximate surface area is 93.3 Å². The first-order valence-corrected chi connectivity index (χ1v) is 11.4. The normalized spacial score (nSPS) is 63.7. The summed E-state index contributed by atoms with van der Waals surface area (Å²) in [7, 11) is 6.52. The van der Waals surface area contributed by atoms with Crippen LogP contribution < -0.4 is 0 Å². The zero-order chi connectivity index (χ0) is 10.2. The molecule has 1 heterocycles. The van der Waals surface area contributed by atoms with Crippen molar-refractivity contribution in [1.82, 2.24) is 0 Å². The van der Waals surface area contributed by atoms with E-state index >= 15 is 0 Å². The fourth-order valence-corrected chi connectivity index (χ4v) is 10.7. The summed E-state index contributed by atoms with van der Waals surface area (Å²) in [4.78, 5) is 0. The summed E-state index contributed by atoms with van der Waals surface area (Å²) < 4.78 is 6.16. The second-order valence-electron chi connectivity index (χ2n) is 5.94. The van der Waals surface area contributed by atoms with Crippen LogP contribution in [0.15, 0.2) is 0 Å². The minimum absolute atomic E-state index is 0.479. The third kappa shape index (κ3) is 0.923. The third-order valence-electron chi connectivity index (χ3n) is 5.08. The Balaban J connectivity index is 2.01. The van der Waals surface area contributed by atoms with E-state index in [4.69, 9.17) is 13.9 Å².